The molecule has 2 nitrogen and oxygen atoms in total. The second-order valence-electron chi connectivity index (χ2n) is 5.52. The number of benzene rings is 2. The van der Waals surface area contributed by atoms with Crippen molar-refractivity contribution < 1.29 is 9.90 Å². The second-order valence-corrected chi connectivity index (χ2v) is 5.52. The molecule has 0 atom stereocenters. The van der Waals surface area contributed by atoms with Crippen molar-refractivity contribution >= 4 is 5.97 Å². The lowest BCUT2D eigenvalue weighted by Gasteiger charge is -2.10. The van der Waals surface area contributed by atoms with Crippen molar-refractivity contribution in [2.75, 3.05) is 0 Å². The molecule has 0 unspecified atom stereocenters. The van der Waals surface area contributed by atoms with Gasteiger partial charge in [-0.05, 0) is 48.8 Å². The summed E-state index contributed by atoms with van der Waals surface area (Å²) in [7, 11) is 0. The van der Waals surface area contributed by atoms with Crippen molar-refractivity contribution in [1.29, 1.82) is 0 Å². The topological polar surface area (TPSA) is 37.3 Å². The maximum atomic E-state index is 10.8. The van der Waals surface area contributed by atoms with Gasteiger partial charge >= 0.3 is 5.97 Å². The molecule has 0 bridgehead atoms. The van der Waals surface area contributed by atoms with E-state index in [9.17, 15) is 4.79 Å². The lowest BCUT2D eigenvalue weighted by atomic mass is 9.96. The minimum Gasteiger partial charge on any atom is -0.478 e. The van der Waals surface area contributed by atoms with Crippen molar-refractivity contribution in [1.82, 2.24) is 0 Å². The molecule has 1 N–H and O–H groups in total. The van der Waals surface area contributed by atoms with Crippen molar-refractivity contribution in [3.05, 3.63) is 83.4 Å². The van der Waals surface area contributed by atoms with Gasteiger partial charge in [-0.1, -0.05) is 61.2 Å². The maximum absolute atomic E-state index is 10.8. The molecule has 114 valence electrons. The van der Waals surface area contributed by atoms with Gasteiger partial charge in [0.05, 0.1) is 0 Å². The normalized spacial score (nSPS) is 10.4. The number of rotatable bonds is 8. The zero-order valence-corrected chi connectivity index (χ0v) is 12.8. The molecular formula is C20H22O2. The summed E-state index contributed by atoms with van der Waals surface area (Å²) in [5.41, 5.74) is 4.31. The largest absolute Gasteiger partial charge is 0.478 e. The Morgan fingerprint density at radius 3 is 2.09 bits per heavy atom. The van der Waals surface area contributed by atoms with Gasteiger partial charge in [0, 0.05) is 5.57 Å². The maximum Gasteiger partial charge on any atom is 0.330 e. The molecule has 0 amide bonds. The summed E-state index contributed by atoms with van der Waals surface area (Å²) in [6.07, 6.45) is 4.31. The fraction of sp³-hybridized carbons (Fsp3) is 0.250. The summed E-state index contributed by atoms with van der Waals surface area (Å²) >= 11 is 0. The van der Waals surface area contributed by atoms with E-state index in [1.54, 1.807) is 0 Å². The number of carboxylic acid groups (broad SMARTS) is 1. The average Bonchev–Trinajstić information content (AvgIpc) is 2.54. The predicted molar refractivity (Wildman–Crippen MR) is 90.0 cm³/mol. The van der Waals surface area contributed by atoms with Gasteiger partial charge in [-0.15, -0.1) is 0 Å². The van der Waals surface area contributed by atoms with E-state index in [0.717, 1.165) is 25.7 Å². The van der Waals surface area contributed by atoms with E-state index in [1.807, 2.05) is 12.1 Å². The number of carboxylic acids is 1. The van der Waals surface area contributed by atoms with Crippen LogP contribution in [0.3, 0.4) is 0 Å². The van der Waals surface area contributed by atoms with Gasteiger partial charge in [-0.25, -0.2) is 4.79 Å². The van der Waals surface area contributed by atoms with E-state index in [0.29, 0.717) is 12.0 Å². The Morgan fingerprint density at radius 2 is 1.45 bits per heavy atom. The first-order valence-corrected chi connectivity index (χ1v) is 7.68. The Balaban J connectivity index is 1.92. The highest BCUT2D eigenvalue weighted by Gasteiger charge is 2.06. The van der Waals surface area contributed by atoms with Gasteiger partial charge in [0.1, 0.15) is 0 Å². The Hall–Kier alpha value is -2.35. The van der Waals surface area contributed by atoms with Crippen LogP contribution < -0.4 is 0 Å². The third-order valence-corrected chi connectivity index (χ3v) is 3.87. The molecule has 0 aliphatic rings. The average molecular weight is 294 g/mol. The Kier molecular flexibility index (Phi) is 5.96. The van der Waals surface area contributed by atoms with Gasteiger partial charge in [-0.2, -0.15) is 0 Å². The quantitative estimate of drug-likeness (QED) is 0.731. The van der Waals surface area contributed by atoms with Crippen molar-refractivity contribution in [2.45, 2.75) is 32.1 Å². The molecule has 0 aliphatic carbocycles. The summed E-state index contributed by atoms with van der Waals surface area (Å²) in [4.78, 5) is 10.8. The number of aryl methyl sites for hydroxylation is 3. The van der Waals surface area contributed by atoms with Crippen LogP contribution in [0.5, 0.6) is 0 Å². The Bertz CT molecular complexity index is 629. The summed E-state index contributed by atoms with van der Waals surface area (Å²) in [6.45, 7) is 3.58. The fourth-order valence-corrected chi connectivity index (χ4v) is 2.57. The molecule has 0 spiro atoms. The zero-order chi connectivity index (χ0) is 15.8. The molecule has 0 radical (unpaired) electrons. The predicted octanol–water partition coefficient (Wildman–Crippen LogP) is 4.44. The first-order chi connectivity index (χ1) is 10.7. The van der Waals surface area contributed by atoms with Crippen LogP contribution in [-0.4, -0.2) is 11.1 Å². The first kappa shape index (κ1) is 16.0. The highest BCUT2D eigenvalue weighted by atomic mass is 16.4. The Labute approximate surface area is 132 Å². The standard InChI is InChI=1S/C20H22O2/c1-16(20(21)22)8-7-13-18-11-5-6-12-19(18)15-14-17-9-3-2-4-10-17/h2-6,9-12H,1,7-8,13-15H2,(H,21,22). The smallest absolute Gasteiger partial charge is 0.330 e. The highest BCUT2D eigenvalue weighted by Crippen LogP contribution is 2.16. The molecular weight excluding hydrogens is 272 g/mol. The molecule has 0 saturated heterocycles. The first-order valence-electron chi connectivity index (χ1n) is 7.68. The third-order valence-electron chi connectivity index (χ3n) is 3.87. The molecule has 22 heavy (non-hydrogen) atoms. The van der Waals surface area contributed by atoms with Gasteiger partial charge < -0.3 is 5.11 Å². The highest BCUT2D eigenvalue weighted by molar-refractivity contribution is 5.85. The van der Waals surface area contributed by atoms with Gasteiger partial charge in [0.2, 0.25) is 0 Å². The molecule has 0 saturated carbocycles. The summed E-state index contributed by atoms with van der Waals surface area (Å²) in [5, 5.41) is 8.84. The van der Waals surface area contributed by atoms with Crippen LogP contribution in [0.2, 0.25) is 0 Å². The van der Waals surface area contributed by atoms with Crippen LogP contribution in [-0.2, 0) is 24.1 Å². The molecule has 0 heterocycles. The van der Waals surface area contributed by atoms with Crippen LogP contribution in [0.15, 0.2) is 66.7 Å². The van der Waals surface area contributed by atoms with Crippen LogP contribution in [0.1, 0.15) is 29.5 Å². The lowest BCUT2D eigenvalue weighted by Crippen LogP contribution is -2.01. The van der Waals surface area contributed by atoms with E-state index < -0.39 is 5.97 Å². The summed E-state index contributed by atoms with van der Waals surface area (Å²) in [6, 6.07) is 18.9. The van der Waals surface area contributed by atoms with E-state index in [1.165, 1.54) is 16.7 Å². The van der Waals surface area contributed by atoms with E-state index in [4.69, 9.17) is 5.11 Å². The second kappa shape index (κ2) is 8.18. The zero-order valence-electron chi connectivity index (χ0n) is 12.8. The lowest BCUT2D eigenvalue weighted by molar-refractivity contribution is -0.132. The van der Waals surface area contributed by atoms with Crippen molar-refractivity contribution in [2.24, 2.45) is 0 Å². The number of aliphatic carboxylic acids is 1. The van der Waals surface area contributed by atoms with Crippen molar-refractivity contribution in [3.63, 3.8) is 0 Å². The summed E-state index contributed by atoms with van der Waals surface area (Å²) in [5.74, 6) is -0.891. The molecule has 0 aromatic heterocycles. The molecule has 2 aromatic carbocycles. The van der Waals surface area contributed by atoms with Gasteiger partial charge in [0.15, 0.2) is 0 Å². The van der Waals surface area contributed by atoms with E-state index in [-0.39, 0.29) is 0 Å². The third kappa shape index (κ3) is 4.88. The minimum absolute atomic E-state index is 0.293. The molecule has 2 rings (SSSR count). The van der Waals surface area contributed by atoms with E-state index in [2.05, 4.69) is 49.0 Å². The van der Waals surface area contributed by atoms with Gasteiger partial charge in [-0.3, -0.25) is 0 Å². The number of carbonyl (C=O) groups is 1. The molecule has 2 aromatic rings. The molecule has 0 aliphatic heterocycles. The van der Waals surface area contributed by atoms with Crippen LogP contribution >= 0.6 is 0 Å². The van der Waals surface area contributed by atoms with Crippen molar-refractivity contribution in [3.8, 4) is 0 Å². The molecule has 0 fully saturated rings. The summed E-state index contributed by atoms with van der Waals surface area (Å²) < 4.78 is 0. The SMILES string of the molecule is C=C(CCCc1ccccc1CCc1ccccc1)C(=O)O. The molecule has 2 heteroatoms. The minimum atomic E-state index is -0.891. The van der Waals surface area contributed by atoms with Crippen LogP contribution in [0, 0.1) is 0 Å². The van der Waals surface area contributed by atoms with Crippen LogP contribution in [0.25, 0.3) is 0 Å². The van der Waals surface area contributed by atoms with E-state index >= 15 is 0 Å². The number of hydrogen-bond donors (Lipinski definition) is 1. The fourth-order valence-electron chi connectivity index (χ4n) is 2.57. The Morgan fingerprint density at radius 1 is 0.864 bits per heavy atom. The number of hydrogen-bond acceptors (Lipinski definition) is 1. The monoisotopic (exact) mass is 294 g/mol. The van der Waals surface area contributed by atoms with Gasteiger partial charge in [0.25, 0.3) is 0 Å². The van der Waals surface area contributed by atoms with Crippen LogP contribution in [0.4, 0.5) is 0 Å².